The fourth-order valence-electron chi connectivity index (χ4n) is 12.1. The smallest absolute Gasteiger partial charge is 0.340 e. The number of para-hydroxylation sites is 1. The van der Waals surface area contributed by atoms with Gasteiger partial charge in [0, 0.05) is 81.8 Å². The second kappa shape index (κ2) is 10.9. The molecular weight excluding hydrogens is 638 g/mol. The Hall–Kier alpha value is -2.65. The lowest BCUT2D eigenvalue weighted by atomic mass is 9.44. The predicted molar refractivity (Wildman–Crippen MR) is 172 cm³/mol. The van der Waals surface area contributed by atoms with Crippen molar-refractivity contribution in [2.24, 2.45) is 29.1 Å². The van der Waals surface area contributed by atoms with E-state index in [0.717, 1.165) is 0 Å². The van der Waals surface area contributed by atoms with Gasteiger partial charge in [-0.2, -0.15) is 0 Å². The van der Waals surface area contributed by atoms with E-state index < -0.39 is 50.2 Å². The summed E-state index contributed by atoms with van der Waals surface area (Å²) in [6.07, 6.45) is 4.19. The van der Waals surface area contributed by atoms with Crippen molar-refractivity contribution < 1.29 is 42.4 Å². The van der Waals surface area contributed by atoms with Crippen LogP contribution in [0.4, 0.5) is 5.69 Å². The van der Waals surface area contributed by atoms with Gasteiger partial charge in [0.1, 0.15) is 21.7 Å². The molecule has 6 aliphatic rings. The number of carbonyl (C=O) groups is 1. The molecule has 3 N–H and O–H groups in total. The number of aromatic nitrogens is 1. The molecule has 260 valence electrons. The molecule has 12 nitrogen and oxygen atoms in total. The van der Waals surface area contributed by atoms with E-state index in [4.69, 9.17) is 18.9 Å². The van der Waals surface area contributed by atoms with E-state index in [1.54, 1.807) is 45.6 Å². The molecule has 12 atom stereocenters. The standard InChI is InChI=1S/C35H45N3O9S/c1-5-38-19-32(47-31(39)21-10-6-7-11-24(21)37-48(42,43)20-9-8-14-36-18-20)13-12-28(45-3)34-26(32)16-23(29(34)38)33(40)17-25(44-2)22-15-27(34)35(33,41)30(22)46-4/h6-11,14,18,22-23,25-30,37,40-41H,5,12-13,15-17,19H2,1-4H3/t22-,23+,25+,26-,27+,28+,29?,30+,32-,33+,34+,35+/m1/s1. The summed E-state index contributed by atoms with van der Waals surface area (Å²) in [6, 6.07) is 9.32. The van der Waals surface area contributed by atoms with Gasteiger partial charge in [0.25, 0.3) is 10.0 Å². The Balaban J connectivity index is 1.22. The van der Waals surface area contributed by atoms with Gasteiger partial charge < -0.3 is 29.2 Å². The van der Waals surface area contributed by atoms with Crippen LogP contribution in [0.3, 0.4) is 0 Å². The average Bonchev–Trinajstić information content (AvgIpc) is 3.51. The summed E-state index contributed by atoms with van der Waals surface area (Å²) in [5.74, 6) is -1.69. The first-order valence-corrected chi connectivity index (χ1v) is 18.5. The number of likely N-dealkylation sites (N-methyl/N-ethyl adjacent to an activating group) is 1. The molecule has 0 radical (unpaired) electrons. The molecule has 13 heteroatoms. The quantitative estimate of drug-likeness (QED) is 0.334. The molecule has 1 unspecified atom stereocenters. The van der Waals surface area contributed by atoms with Crippen LogP contribution in [0.2, 0.25) is 0 Å². The maximum atomic E-state index is 14.4. The molecule has 1 saturated heterocycles. The fourth-order valence-corrected chi connectivity index (χ4v) is 13.1. The average molecular weight is 684 g/mol. The molecule has 1 aliphatic heterocycles. The highest BCUT2D eigenvalue weighted by Gasteiger charge is 2.89. The summed E-state index contributed by atoms with van der Waals surface area (Å²) < 4.78 is 54.2. The lowest BCUT2D eigenvalue weighted by Crippen LogP contribution is -2.83. The van der Waals surface area contributed by atoms with Gasteiger partial charge in [0.15, 0.2) is 0 Å². The molecule has 6 fully saturated rings. The Morgan fingerprint density at radius 3 is 2.54 bits per heavy atom. The van der Waals surface area contributed by atoms with Gasteiger partial charge in [0.2, 0.25) is 0 Å². The molecule has 0 amide bonds. The number of likely N-dealkylation sites (tertiary alicyclic amines) is 1. The number of sulfonamides is 1. The van der Waals surface area contributed by atoms with Gasteiger partial charge in [-0.15, -0.1) is 0 Å². The van der Waals surface area contributed by atoms with Crippen molar-refractivity contribution in [1.29, 1.82) is 0 Å². The molecule has 5 saturated carbocycles. The number of fused-ring (bicyclic) bond motifs is 2. The van der Waals surface area contributed by atoms with E-state index in [2.05, 4.69) is 21.5 Å². The molecule has 1 aromatic carbocycles. The normalized spacial score (nSPS) is 44.0. The maximum absolute atomic E-state index is 14.4. The van der Waals surface area contributed by atoms with Crippen molar-refractivity contribution in [1.82, 2.24) is 9.88 Å². The molecule has 8 rings (SSSR count). The molecule has 2 aromatic rings. The number of nitrogens with one attached hydrogen (secondary N) is 1. The zero-order chi connectivity index (χ0) is 33.9. The minimum atomic E-state index is -4.03. The van der Waals surface area contributed by atoms with Gasteiger partial charge in [-0.3, -0.25) is 14.6 Å². The number of esters is 1. The summed E-state index contributed by atoms with van der Waals surface area (Å²) in [5, 5.41) is 25.8. The minimum absolute atomic E-state index is 0.0249. The van der Waals surface area contributed by atoms with Crippen LogP contribution in [-0.4, -0.2) is 110 Å². The maximum Gasteiger partial charge on any atom is 0.340 e. The Labute approximate surface area is 281 Å². The molecule has 7 bridgehead atoms. The lowest BCUT2D eigenvalue weighted by Gasteiger charge is -2.70. The van der Waals surface area contributed by atoms with E-state index in [1.807, 2.05) is 0 Å². The summed E-state index contributed by atoms with van der Waals surface area (Å²) in [4.78, 5) is 20.6. The van der Waals surface area contributed by atoms with E-state index in [9.17, 15) is 23.4 Å². The summed E-state index contributed by atoms with van der Waals surface area (Å²) in [7, 11) is 0.958. The van der Waals surface area contributed by atoms with Crippen molar-refractivity contribution >= 4 is 21.7 Å². The van der Waals surface area contributed by atoms with E-state index in [1.165, 1.54) is 24.5 Å². The van der Waals surface area contributed by atoms with Crippen LogP contribution in [0.1, 0.15) is 49.4 Å². The second-order valence-corrected chi connectivity index (χ2v) is 16.5. The Morgan fingerprint density at radius 1 is 1.06 bits per heavy atom. The van der Waals surface area contributed by atoms with Crippen LogP contribution in [0.5, 0.6) is 0 Å². The summed E-state index contributed by atoms with van der Waals surface area (Å²) >= 11 is 0. The number of carbonyl (C=O) groups excluding carboxylic acids is 1. The largest absolute Gasteiger partial charge is 0.454 e. The molecule has 48 heavy (non-hydrogen) atoms. The number of benzene rings is 1. The van der Waals surface area contributed by atoms with Crippen molar-refractivity contribution in [2.75, 3.05) is 39.1 Å². The Bertz CT molecular complexity index is 1710. The number of nitrogens with zero attached hydrogens (tertiary/aromatic N) is 2. The van der Waals surface area contributed by atoms with Crippen LogP contribution < -0.4 is 4.72 Å². The third kappa shape index (κ3) is 3.89. The molecule has 2 heterocycles. The molecule has 1 aromatic heterocycles. The van der Waals surface area contributed by atoms with Crippen molar-refractivity contribution in [3.8, 4) is 0 Å². The number of hydrogen-bond donors (Lipinski definition) is 3. The van der Waals surface area contributed by atoms with Crippen LogP contribution >= 0.6 is 0 Å². The topological polar surface area (TPSA) is 157 Å². The predicted octanol–water partition coefficient (Wildman–Crippen LogP) is 2.46. The molecular formula is C35H45N3O9S. The number of hydrogen-bond acceptors (Lipinski definition) is 11. The minimum Gasteiger partial charge on any atom is -0.454 e. The highest BCUT2D eigenvalue weighted by Crippen LogP contribution is 2.79. The zero-order valence-electron chi connectivity index (χ0n) is 27.7. The first-order valence-electron chi connectivity index (χ1n) is 17.0. The number of methoxy groups -OCH3 is 3. The van der Waals surface area contributed by atoms with Crippen LogP contribution in [-0.2, 0) is 29.0 Å². The highest BCUT2D eigenvalue weighted by atomic mass is 32.2. The first-order chi connectivity index (χ1) is 23.0. The Morgan fingerprint density at radius 2 is 1.85 bits per heavy atom. The van der Waals surface area contributed by atoms with E-state index in [-0.39, 0.29) is 52.1 Å². The van der Waals surface area contributed by atoms with Gasteiger partial charge in [-0.25, -0.2) is 13.2 Å². The van der Waals surface area contributed by atoms with Gasteiger partial charge in [-0.1, -0.05) is 19.1 Å². The van der Waals surface area contributed by atoms with Crippen LogP contribution in [0, 0.1) is 29.1 Å². The van der Waals surface area contributed by atoms with E-state index >= 15 is 0 Å². The second-order valence-electron chi connectivity index (χ2n) is 14.8. The number of piperidine rings is 1. The number of aliphatic hydroxyl groups is 2. The summed E-state index contributed by atoms with van der Waals surface area (Å²) in [5.41, 5.74) is -4.40. The molecule has 1 spiro atoms. The van der Waals surface area contributed by atoms with Gasteiger partial charge in [0.05, 0.1) is 29.6 Å². The van der Waals surface area contributed by atoms with Gasteiger partial charge in [-0.05, 0) is 56.5 Å². The van der Waals surface area contributed by atoms with E-state index in [0.29, 0.717) is 45.2 Å². The SMILES string of the molecule is CCN1C[C@]2(OC(=O)c3ccccc3NS(=O)(=O)c3cccnc3)CC[C@H](OC)[C@]34C1[C@H](C[C@H]23)[C@@]1(O)C[C@H](OC)[C@H]2C[C@@H]4[C@]1(O)[C@H]2OC. The zero-order valence-corrected chi connectivity index (χ0v) is 28.6. The number of ether oxygens (including phenoxy) is 4. The number of pyridine rings is 1. The highest BCUT2D eigenvalue weighted by molar-refractivity contribution is 7.92. The summed E-state index contributed by atoms with van der Waals surface area (Å²) in [6.45, 7) is 3.20. The van der Waals surface area contributed by atoms with Crippen LogP contribution in [0.25, 0.3) is 0 Å². The third-order valence-electron chi connectivity index (χ3n) is 13.5. The fraction of sp³-hybridized carbons (Fsp3) is 0.657. The van der Waals surface area contributed by atoms with Crippen molar-refractivity contribution in [2.45, 2.75) is 85.1 Å². The number of rotatable bonds is 9. The Kier molecular flexibility index (Phi) is 7.41. The number of anilines is 1. The van der Waals surface area contributed by atoms with Gasteiger partial charge >= 0.3 is 5.97 Å². The first kappa shape index (κ1) is 32.5. The lowest BCUT2D eigenvalue weighted by molar-refractivity contribution is -0.337. The van der Waals surface area contributed by atoms with Crippen LogP contribution in [0.15, 0.2) is 53.7 Å². The third-order valence-corrected chi connectivity index (χ3v) is 14.9. The van der Waals surface area contributed by atoms with Crippen molar-refractivity contribution in [3.63, 3.8) is 0 Å². The van der Waals surface area contributed by atoms with Crippen molar-refractivity contribution in [3.05, 3.63) is 54.4 Å². The monoisotopic (exact) mass is 683 g/mol. The molecule has 5 aliphatic carbocycles.